The lowest BCUT2D eigenvalue weighted by atomic mass is 10.2. The topological polar surface area (TPSA) is 78.1 Å². The molecular weight excluding hydrogens is 252 g/mol. The van der Waals surface area contributed by atoms with Gasteiger partial charge < -0.3 is 5.32 Å². The van der Waals surface area contributed by atoms with E-state index in [0.29, 0.717) is 25.2 Å². The molecule has 0 atom stereocenters. The van der Waals surface area contributed by atoms with Crippen molar-refractivity contribution in [1.29, 1.82) is 0 Å². The van der Waals surface area contributed by atoms with Gasteiger partial charge in [0.25, 0.3) is 10.0 Å². The third-order valence-electron chi connectivity index (χ3n) is 2.94. The Labute approximate surface area is 107 Å². The van der Waals surface area contributed by atoms with E-state index in [1.807, 2.05) is 6.92 Å². The molecule has 2 N–H and O–H groups in total. The predicted molar refractivity (Wildman–Crippen MR) is 68.5 cm³/mol. The molecule has 1 aromatic rings. The van der Waals surface area contributed by atoms with E-state index in [1.54, 1.807) is 13.2 Å². The van der Waals surface area contributed by atoms with Gasteiger partial charge in [-0.3, -0.25) is 5.10 Å². The average Bonchev–Trinajstić information content (AvgIpc) is 2.78. The number of sulfonamides is 1. The number of hydrogen-bond acceptors (Lipinski definition) is 4. The summed E-state index contributed by atoms with van der Waals surface area (Å²) >= 11 is 0. The number of H-pyrrole nitrogens is 1. The van der Waals surface area contributed by atoms with Crippen LogP contribution in [0.15, 0.2) is 22.9 Å². The van der Waals surface area contributed by atoms with E-state index in [1.165, 1.54) is 4.31 Å². The van der Waals surface area contributed by atoms with Gasteiger partial charge in [-0.05, 0) is 20.4 Å². The Bertz CT molecular complexity index is 547. The van der Waals surface area contributed by atoms with E-state index in [9.17, 15) is 8.42 Å². The first kappa shape index (κ1) is 13.3. The molecule has 0 unspecified atom stereocenters. The van der Waals surface area contributed by atoms with E-state index in [4.69, 9.17) is 0 Å². The van der Waals surface area contributed by atoms with Crippen molar-refractivity contribution < 1.29 is 8.42 Å². The quantitative estimate of drug-likeness (QED) is 0.780. The van der Waals surface area contributed by atoms with Crippen molar-refractivity contribution in [2.24, 2.45) is 0 Å². The summed E-state index contributed by atoms with van der Waals surface area (Å²) in [6, 6.07) is 0. The van der Waals surface area contributed by atoms with Gasteiger partial charge in [0, 0.05) is 25.2 Å². The van der Waals surface area contributed by atoms with Gasteiger partial charge in [-0.25, -0.2) is 8.42 Å². The zero-order valence-electron chi connectivity index (χ0n) is 10.6. The van der Waals surface area contributed by atoms with Crippen LogP contribution in [0, 0.1) is 0 Å². The molecule has 18 heavy (non-hydrogen) atoms. The van der Waals surface area contributed by atoms with Gasteiger partial charge in [-0.2, -0.15) is 9.40 Å². The molecule has 0 aliphatic carbocycles. The third-order valence-corrected chi connectivity index (χ3v) is 4.80. The number of aromatic nitrogens is 2. The molecule has 7 heteroatoms. The van der Waals surface area contributed by atoms with Crippen LogP contribution in [0.2, 0.25) is 0 Å². The SMILES string of the molecule is CNCc1cn[nH]c1S(=O)(=O)N1CCC=C(C)C1. The fourth-order valence-electron chi connectivity index (χ4n) is 2.05. The summed E-state index contributed by atoms with van der Waals surface area (Å²) in [5.74, 6) is 0. The zero-order valence-corrected chi connectivity index (χ0v) is 11.4. The molecule has 0 radical (unpaired) electrons. The fourth-order valence-corrected chi connectivity index (χ4v) is 3.65. The largest absolute Gasteiger partial charge is 0.316 e. The minimum absolute atomic E-state index is 0.201. The van der Waals surface area contributed by atoms with Gasteiger partial charge in [-0.1, -0.05) is 11.6 Å². The molecule has 6 nitrogen and oxygen atoms in total. The number of aromatic amines is 1. The second-order valence-electron chi connectivity index (χ2n) is 4.43. The van der Waals surface area contributed by atoms with Crippen molar-refractivity contribution in [3.05, 3.63) is 23.4 Å². The Morgan fingerprint density at radius 1 is 1.56 bits per heavy atom. The maximum Gasteiger partial charge on any atom is 0.260 e. The predicted octanol–water partition coefficient (Wildman–Crippen LogP) is 0.470. The van der Waals surface area contributed by atoms with Crippen molar-refractivity contribution in [2.75, 3.05) is 20.1 Å². The van der Waals surface area contributed by atoms with Gasteiger partial charge in [-0.15, -0.1) is 0 Å². The molecule has 1 aliphatic heterocycles. The van der Waals surface area contributed by atoms with Gasteiger partial charge in [0.15, 0.2) is 5.03 Å². The molecule has 100 valence electrons. The number of rotatable bonds is 4. The first-order chi connectivity index (χ1) is 8.55. The first-order valence-corrected chi connectivity index (χ1v) is 7.32. The highest BCUT2D eigenvalue weighted by molar-refractivity contribution is 7.89. The summed E-state index contributed by atoms with van der Waals surface area (Å²) in [7, 11) is -1.70. The molecule has 2 rings (SSSR count). The van der Waals surface area contributed by atoms with Crippen LogP contribution >= 0.6 is 0 Å². The van der Waals surface area contributed by atoms with Gasteiger partial charge in [0.05, 0.1) is 6.20 Å². The van der Waals surface area contributed by atoms with E-state index in [2.05, 4.69) is 21.6 Å². The number of hydrogen-bond donors (Lipinski definition) is 2. The van der Waals surface area contributed by atoms with Crippen molar-refractivity contribution in [1.82, 2.24) is 19.8 Å². The smallest absolute Gasteiger partial charge is 0.260 e. The minimum Gasteiger partial charge on any atom is -0.316 e. The summed E-state index contributed by atoms with van der Waals surface area (Å²) in [6.07, 6.45) is 4.39. The van der Waals surface area contributed by atoms with Gasteiger partial charge in [0.1, 0.15) is 0 Å². The van der Waals surface area contributed by atoms with E-state index >= 15 is 0 Å². The summed E-state index contributed by atoms with van der Waals surface area (Å²) in [5.41, 5.74) is 1.75. The normalized spacial score (nSPS) is 17.8. The second kappa shape index (κ2) is 5.21. The van der Waals surface area contributed by atoms with Crippen LogP contribution in [0.1, 0.15) is 18.9 Å². The lowest BCUT2D eigenvalue weighted by molar-refractivity contribution is 0.425. The first-order valence-electron chi connectivity index (χ1n) is 5.88. The molecule has 2 heterocycles. The lowest BCUT2D eigenvalue weighted by Crippen LogP contribution is -2.36. The summed E-state index contributed by atoms with van der Waals surface area (Å²) < 4.78 is 26.5. The number of nitrogens with one attached hydrogen (secondary N) is 2. The highest BCUT2D eigenvalue weighted by Crippen LogP contribution is 2.21. The summed E-state index contributed by atoms with van der Waals surface area (Å²) in [5, 5.41) is 9.58. The van der Waals surface area contributed by atoms with Crippen LogP contribution in [0.4, 0.5) is 0 Å². The highest BCUT2D eigenvalue weighted by Gasteiger charge is 2.29. The molecule has 1 aromatic heterocycles. The number of nitrogens with zero attached hydrogens (tertiary/aromatic N) is 2. The molecule has 1 aliphatic rings. The monoisotopic (exact) mass is 270 g/mol. The van der Waals surface area contributed by atoms with Crippen molar-refractivity contribution in [3.63, 3.8) is 0 Å². The van der Waals surface area contributed by atoms with Crippen LogP contribution in [-0.2, 0) is 16.6 Å². The van der Waals surface area contributed by atoms with Crippen LogP contribution in [0.25, 0.3) is 0 Å². The fraction of sp³-hybridized carbons (Fsp3) is 0.545. The van der Waals surface area contributed by atoms with Crippen LogP contribution in [-0.4, -0.2) is 43.1 Å². The molecule has 0 bridgehead atoms. The third kappa shape index (κ3) is 2.47. The summed E-state index contributed by atoms with van der Waals surface area (Å²) in [4.78, 5) is 0. The minimum atomic E-state index is -3.47. The Morgan fingerprint density at radius 3 is 3.00 bits per heavy atom. The molecule has 0 fully saturated rings. The molecule has 0 aromatic carbocycles. The molecular formula is C11H18N4O2S. The Morgan fingerprint density at radius 2 is 2.33 bits per heavy atom. The standard InChI is InChI=1S/C11H18N4O2S/c1-9-4-3-5-15(8-9)18(16,17)11-10(6-12-2)7-13-14-11/h4,7,12H,3,5-6,8H2,1-2H3,(H,13,14). The Kier molecular flexibility index (Phi) is 3.84. The maximum atomic E-state index is 12.5. The van der Waals surface area contributed by atoms with Gasteiger partial charge >= 0.3 is 0 Å². The molecule has 0 spiro atoms. The van der Waals surface area contributed by atoms with Gasteiger partial charge in [0.2, 0.25) is 0 Å². The maximum absolute atomic E-state index is 12.5. The van der Waals surface area contributed by atoms with E-state index in [0.717, 1.165) is 12.0 Å². The second-order valence-corrected chi connectivity index (χ2v) is 6.31. The van der Waals surface area contributed by atoms with Crippen molar-refractivity contribution >= 4 is 10.0 Å². The van der Waals surface area contributed by atoms with E-state index in [-0.39, 0.29) is 5.03 Å². The van der Waals surface area contributed by atoms with Crippen molar-refractivity contribution in [3.8, 4) is 0 Å². The molecule has 0 saturated heterocycles. The summed E-state index contributed by atoms with van der Waals surface area (Å²) in [6.45, 7) is 3.41. The molecule has 0 amide bonds. The lowest BCUT2D eigenvalue weighted by Gasteiger charge is -2.25. The van der Waals surface area contributed by atoms with Crippen molar-refractivity contribution in [2.45, 2.75) is 24.9 Å². The highest BCUT2D eigenvalue weighted by atomic mass is 32.2. The van der Waals surface area contributed by atoms with Crippen LogP contribution < -0.4 is 5.32 Å². The molecule has 0 saturated carbocycles. The van der Waals surface area contributed by atoms with E-state index < -0.39 is 10.0 Å². The van der Waals surface area contributed by atoms with Crippen LogP contribution in [0.3, 0.4) is 0 Å². The Hall–Kier alpha value is -1.18. The Balaban J connectivity index is 2.30. The average molecular weight is 270 g/mol. The van der Waals surface area contributed by atoms with Crippen LogP contribution in [0.5, 0.6) is 0 Å². The zero-order chi connectivity index (χ0) is 13.2.